The van der Waals surface area contributed by atoms with Crippen LogP contribution in [0.1, 0.15) is 36.7 Å². The van der Waals surface area contributed by atoms with Crippen LogP contribution in [0.4, 0.5) is 0 Å². The van der Waals surface area contributed by atoms with Crippen LogP contribution in [0.15, 0.2) is 12.4 Å². The molecule has 1 aliphatic rings. The molecule has 1 aliphatic heterocycles. The van der Waals surface area contributed by atoms with E-state index in [0.29, 0.717) is 11.7 Å². The van der Waals surface area contributed by atoms with E-state index in [9.17, 15) is 4.79 Å². The van der Waals surface area contributed by atoms with Gasteiger partial charge in [0.2, 0.25) is 0 Å². The fourth-order valence-corrected chi connectivity index (χ4v) is 2.27. The number of likely N-dealkylation sites (tertiary alicyclic amines) is 1. The minimum atomic E-state index is -0.0562. The summed E-state index contributed by atoms with van der Waals surface area (Å²) in [7, 11) is 0. The lowest BCUT2D eigenvalue weighted by Gasteiger charge is -2.22. The summed E-state index contributed by atoms with van der Waals surface area (Å²) in [6, 6.07) is 0.341. The van der Waals surface area contributed by atoms with Crippen LogP contribution in [0.2, 0.25) is 5.15 Å². The van der Waals surface area contributed by atoms with Crippen molar-refractivity contribution in [3.63, 3.8) is 0 Å². The smallest absolute Gasteiger partial charge is 0.274 e. The highest BCUT2D eigenvalue weighted by Gasteiger charge is 2.28. The van der Waals surface area contributed by atoms with Crippen LogP contribution >= 0.6 is 11.6 Å². The molecule has 0 bridgehead atoms. The van der Waals surface area contributed by atoms with Crippen LogP contribution in [0.5, 0.6) is 0 Å². The number of rotatable bonds is 2. The first-order chi connectivity index (χ1) is 7.72. The maximum atomic E-state index is 12.1. The molecule has 2 rings (SSSR count). The summed E-state index contributed by atoms with van der Waals surface area (Å²) in [5, 5.41) is 0.262. The Morgan fingerprint density at radius 3 is 3.12 bits per heavy atom. The van der Waals surface area contributed by atoms with Crippen molar-refractivity contribution in [3.8, 4) is 0 Å². The van der Waals surface area contributed by atoms with E-state index in [0.717, 1.165) is 25.8 Å². The third kappa shape index (κ3) is 2.16. The molecule has 4 nitrogen and oxygen atoms in total. The van der Waals surface area contributed by atoms with Gasteiger partial charge in [0.25, 0.3) is 5.91 Å². The van der Waals surface area contributed by atoms with Crippen molar-refractivity contribution in [1.82, 2.24) is 14.9 Å². The molecule has 0 aliphatic carbocycles. The molecule has 1 saturated heterocycles. The Morgan fingerprint density at radius 1 is 1.62 bits per heavy atom. The normalized spacial score (nSPS) is 20.1. The minimum Gasteiger partial charge on any atom is -0.334 e. The second-order valence-corrected chi connectivity index (χ2v) is 4.32. The molecule has 1 aromatic heterocycles. The van der Waals surface area contributed by atoms with Gasteiger partial charge in [-0.05, 0) is 19.3 Å². The highest BCUT2D eigenvalue weighted by Crippen LogP contribution is 2.21. The van der Waals surface area contributed by atoms with Gasteiger partial charge in [-0.1, -0.05) is 18.5 Å². The van der Waals surface area contributed by atoms with Crippen LogP contribution in [-0.2, 0) is 0 Å². The molecular weight excluding hydrogens is 226 g/mol. The maximum Gasteiger partial charge on any atom is 0.274 e. The van der Waals surface area contributed by atoms with Gasteiger partial charge in [-0.2, -0.15) is 0 Å². The molecular formula is C11H14ClN3O. The first-order valence-electron chi connectivity index (χ1n) is 5.51. The molecule has 1 atom stereocenters. The topological polar surface area (TPSA) is 46.1 Å². The fraction of sp³-hybridized carbons (Fsp3) is 0.545. The van der Waals surface area contributed by atoms with Gasteiger partial charge in [-0.15, -0.1) is 0 Å². The number of amides is 1. The number of carbonyl (C=O) groups is 1. The third-order valence-electron chi connectivity index (χ3n) is 2.93. The highest BCUT2D eigenvalue weighted by atomic mass is 35.5. The van der Waals surface area contributed by atoms with Crippen molar-refractivity contribution < 1.29 is 4.79 Å². The van der Waals surface area contributed by atoms with E-state index in [4.69, 9.17) is 11.6 Å². The molecule has 0 aromatic carbocycles. The molecule has 0 radical (unpaired) electrons. The van der Waals surface area contributed by atoms with Crippen molar-refractivity contribution in [1.29, 1.82) is 0 Å². The Balaban J connectivity index is 2.18. The largest absolute Gasteiger partial charge is 0.334 e. The zero-order valence-corrected chi connectivity index (χ0v) is 9.94. The minimum absolute atomic E-state index is 0.0562. The van der Waals surface area contributed by atoms with E-state index in [2.05, 4.69) is 16.9 Å². The first kappa shape index (κ1) is 11.3. The summed E-state index contributed by atoms with van der Waals surface area (Å²) in [5.74, 6) is -0.0562. The zero-order valence-electron chi connectivity index (χ0n) is 9.19. The summed E-state index contributed by atoms with van der Waals surface area (Å²) in [5.41, 5.74) is 0.341. The maximum absolute atomic E-state index is 12.1. The Bertz CT molecular complexity index is 397. The first-order valence-corrected chi connectivity index (χ1v) is 5.88. The summed E-state index contributed by atoms with van der Waals surface area (Å²) >= 11 is 5.72. The van der Waals surface area contributed by atoms with Crippen LogP contribution in [0.3, 0.4) is 0 Å². The molecule has 1 amide bonds. The Kier molecular flexibility index (Phi) is 3.39. The summed E-state index contributed by atoms with van der Waals surface area (Å²) in [4.78, 5) is 21.9. The van der Waals surface area contributed by atoms with Crippen LogP contribution in [-0.4, -0.2) is 33.4 Å². The monoisotopic (exact) mass is 239 g/mol. The van der Waals surface area contributed by atoms with Crippen molar-refractivity contribution >= 4 is 17.5 Å². The van der Waals surface area contributed by atoms with E-state index in [1.807, 2.05) is 4.90 Å². The molecule has 16 heavy (non-hydrogen) atoms. The standard InChI is InChI=1S/C11H14ClN3O/c1-2-8-4-3-5-15(8)11(16)9-6-13-7-10(12)14-9/h6-8H,2-5H2,1H3. The van der Waals surface area contributed by atoms with Crippen molar-refractivity contribution in [2.75, 3.05) is 6.54 Å². The van der Waals surface area contributed by atoms with E-state index in [1.165, 1.54) is 12.4 Å². The second kappa shape index (κ2) is 4.78. The number of hydrogen-bond donors (Lipinski definition) is 0. The van der Waals surface area contributed by atoms with E-state index >= 15 is 0 Å². The van der Waals surface area contributed by atoms with Gasteiger partial charge < -0.3 is 4.90 Å². The molecule has 2 heterocycles. The van der Waals surface area contributed by atoms with Crippen LogP contribution < -0.4 is 0 Å². The van der Waals surface area contributed by atoms with Crippen LogP contribution in [0, 0.1) is 0 Å². The molecule has 1 unspecified atom stereocenters. The third-order valence-corrected chi connectivity index (χ3v) is 3.12. The van der Waals surface area contributed by atoms with E-state index < -0.39 is 0 Å². The van der Waals surface area contributed by atoms with Crippen molar-refractivity contribution in [2.24, 2.45) is 0 Å². The van der Waals surface area contributed by atoms with Gasteiger partial charge in [-0.3, -0.25) is 9.78 Å². The fourth-order valence-electron chi connectivity index (χ4n) is 2.12. The van der Waals surface area contributed by atoms with Crippen molar-refractivity contribution in [2.45, 2.75) is 32.2 Å². The second-order valence-electron chi connectivity index (χ2n) is 3.93. The molecule has 0 spiro atoms. The zero-order chi connectivity index (χ0) is 11.5. The molecule has 86 valence electrons. The van der Waals surface area contributed by atoms with Crippen molar-refractivity contribution in [3.05, 3.63) is 23.2 Å². The number of nitrogens with zero attached hydrogens (tertiary/aromatic N) is 3. The van der Waals surface area contributed by atoms with Gasteiger partial charge in [-0.25, -0.2) is 4.98 Å². The SMILES string of the molecule is CCC1CCCN1C(=O)c1cncc(Cl)n1. The predicted octanol–water partition coefficient (Wildman–Crippen LogP) is 2.14. The Morgan fingerprint density at radius 2 is 2.44 bits per heavy atom. The quantitative estimate of drug-likeness (QED) is 0.795. The Hall–Kier alpha value is -1.16. The lowest BCUT2D eigenvalue weighted by atomic mass is 10.1. The molecule has 5 heteroatoms. The highest BCUT2D eigenvalue weighted by molar-refractivity contribution is 6.29. The lowest BCUT2D eigenvalue weighted by Crippen LogP contribution is -2.35. The number of halogens is 1. The average Bonchev–Trinajstić information content (AvgIpc) is 2.76. The van der Waals surface area contributed by atoms with Gasteiger partial charge >= 0.3 is 0 Å². The molecule has 0 N–H and O–H groups in total. The van der Waals surface area contributed by atoms with Gasteiger partial charge in [0.05, 0.1) is 12.4 Å². The number of carbonyl (C=O) groups excluding carboxylic acids is 1. The average molecular weight is 240 g/mol. The summed E-state index contributed by atoms with van der Waals surface area (Å²) < 4.78 is 0. The van der Waals surface area contributed by atoms with Crippen LogP contribution in [0.25, 0.3) is 0 Å². The number of hydrogen-bond acceptors (Lipinski definition) is 3. The summed E-state index contributed by atoms with van der Waals surface area (Å²) in [6.45, 7) is 2.91. The number of aromatic nitrogens is 2. The van der Waals surface area contributed by atoms with Gasteiger partial charge in [0, 0.05) is 12.6 Å². The Labute approximate surface area is 99.6 Å². The van der Waals surface area contributed by atoms with Gasteiger partial charge in [0.1, 0.15) is 10.8 Å². The molecule has 1 aromatic rings. The van der Waals surface area contributed by atoms with Gasteiger partial charge in [0.15, 0.2) is 0 Å². The summed E-state index contributed by atoms with van der Waals surface area (Å²) in [6.07, 6.45) is 6.03. The molecule has 1 fully saturated rings. The molecule has 0 saturated carbocycles. The van der Waals surface area contributed by atoms with E-state index in [-0.39, 0.29) is 11.1 Å². The van der Waals surface area contributed by atoms with E-state index in [1.54, 1.807) is 0 Å². The predicted molar refractivity (Wildman–Crippen MR) is 61.4 cm³/mol. The lowest BCUT2D eigenvalue weighted by molar-refractivity contribution is 0.0727.